The molecule has 590 valence electrons. The average molecular weight is 1500 g/mol. The summed E-state index contributed by atoms with van der Waals surface area (Å²) in [6, 6.07) is -22.2. The number of unbranched alkanes of at least 4 members (excludes halogenated alkanes) is 1. The van der Waals surface area contributed by atoms with Gasteiger partial charge in [-0.1, -0.05) is 13.8 Å². The van der Waals surface area contributed by atoms with Gasteiger partial charge in [-0.15, -0.1) is 0 Å². The molecule has 45 heteroatoms. The van der Waals surface area contributed by atoms with Gasteiger partial charge < -0.3 is 134 Å². The third-order valence-electron chi connectivity index (χ3n) is 15.5. The van der Waals surface area contributed by atoms with Crippen LogP contribution in [-0.4, -0.2) is 271 Å². The molecule has 0 bridgehead atoms. The van der Waals surface area contributed by atoms with Crippen molar-refractivity contribution in [2.24, 2.45) is 45.3 Å². The van der Waals surface area contributed by atoms with Crippen LogP contribution in [0, 0.1) is 5.92 Å². The Kier molecular flexibility index (Phi) is 40.9. The van der Waals surface area contributed by atoms with E-state index in [1.165, 1.54) is 0 Å². The lowest BCUT2D eigenvalue weighted by molar-refractivity contribution is -0.144. The highest BCUT2D eigenvalue weighted by atomic mass is 16.4. The summed E-state index contributed by atoms with van der Waals surface area (Å²) in [4.78, 5) is 253. The maximum absolute atomic E-state index is 14.4. The molecule has 0 spiro atoms. The lowest BCUT2D eigenvalue weighted by Crippen LogP contribution is -2.61. The number of carboxylic acids is 4. The van der Waals surface area contributed by atoms with E-state index in [1.54, 1.807) is 13.8 Å². The fraction of sp³-hybridized carbons (Fsp3) is 0.667. The number of nitrogens with zero attached hydrogens (tertiary/aromatic N) is 2. The van der Waals surface area contributed by atoms with Crippen molar-refractivity contribution in [3.05, 3.63) is 0 Å². The largest absolute Gasteiger partial charge is 0.481 e. The molecule has 14 atom stereocenters. The maximum atomic E-state index is 14.4. The zero-order valence-electron chi connectivity index (χ0n) is 58.6. The highest BCUT2D eigenvalue weighted by Crippen LogP contribution is 2.21. The Morgan fingerprint density at radius 3 is 1.48 bits per heavy atom. The first-order valence-electron chi connectivity index (χ1n) is 33.2. The van der Waals surface area contributed by atoms with Crippen LogP contribution in [0.1, 0.15) is 131 Å². The SMILES string of the molecule is CC(C)C[C@H](N)C(=O)N[C@@H](CCC(N)=O)C(=O)N[C@@H](CCCCN)C(=O)N[C@@H](CC(=O)O)C(=O)N[C@@H](CCC(=O)O)C(=O)N1CCC[C@H]1C(=O)N[C@@H](CC(N)=O)C(=O)NCC(=O)N[C@@H](CCCN=C(N)N)C(=O)N[C@@H](C)C(=O)N[C@@H](CO)C(=O)N[C@@H](CC(=O)O)C(=O)N[C@H](C(=O)N[C@@H](C)C(=O)O)[C@@H](C)O. The van der Waals surface area contributed by atoms with E-state index in [2.05, 4.69) is 52.8 Å². The van der Waals surface area contributed by atoms with Gasteiger partial charge in [-0.2, -0.15) is 0 Å². The minimum atomic E-state index is -2.06. The van der Waals surface area contributed by atoms with Gasteiger partial charge in [0.05, 0.1) is 44.6 Å². The number of aliphatic carboxylic acids is 4. The number of amides is 15. The molecule has 0 unspecified atom stereocenters. The molecule has 1 saturated heterocycles. The molecule has 0 aromatic heterocycles. The Morgan fingerprint density at radius 2 is 0.962 bits per heavy atom. The monoisotopic (exact) mass is 1500 g/mol. The Bertz CT molecular complexity index is 3150. The third kappa shape index (κ3) is 35.2. The van der Waals surface area contributed by atoms with Crippen LogP contribution in [0.4, 0.5) is 0 Å². The van der Waals surface area contributed by atoms with Crippen molar-refractivity contribution in [1.29, 1.82) is 0 Å². The minimum Gasteiger partial charge on any atom is -0.481 e. The van der Waals surface area contributed by atoms with Crippen LogP contribution >= 0.6 is 0 Å². The number of rotatable bonds is 50. The number of aliphatic hydroxyl groups is 2. The minimum absolute atomic E-state index is 0.0439. The fourth-order valence-electron chi connectivity index (χ4n) is 9.98. The standard InChI is InChI=1S/C60H100N20O25/c1-26(2)20-30(62)48(93)72-33(13-15-40(63)83)52(97)73-32(10-6-7-17-61)51(96)75-36(22-44(88)89)53(98)74-34(14-16-43(86)87)58(103)80-19-9-12-39(80)56(101)77-35(21-41(64)84)49(94)68-24-42(85)71-31(11-8-18-67-60(65)66)50(95)69-27(3)47(92)78-38(25-81)55(100)76-37(23-45(90)91)54(99)79-46(29(5)82)57(102)70-28(4)59(104)105/h26-39,46,81-82H,6-25,61-62H2,1-5H3,(H2,63,83)(H2,64,84)(H,68,94)(H,69,95)(H,70,102)(H,71,85)(H,72,93)(H,73,97)(H,74,98)(H,75,96)(H,76,100)(H,77,101)(H,78,92)(H,79,99)(H,86,87)(H,88,89)(H,90,91)(H,104,105)(H4,65,66,67)/t27-,28-,29+,30-,31-,32-,33-,34-,35-,36-,37-,38-,39-,46-/m0/s1. The van der Waals surface area contributed by atoms with Crippen LogP contribution < -0.4 is 98.2 Å². The number of hydrogen-bond donors (Lipinski definition) is 24. The van der Waals surface area contributed by atoms with Crippen molar-refractivity contribution in [2.45, 2.75) is 216 Å². The summed E-state index contributed by atoms with van der Waals surface area (Å²) in [7, 11) is 0. The van der Waals surface area contributed by atoms with Gasteiger partial charge in [0.25, 0.3) is 0 Å². The van der Waals surface area contributed by atoms with E-state index >= 15 is 0 Å². The summed E-state index contributed by atoms with van der Waals surface area (Å²) >= 11 is 0. The highest BCUT2D eigenvalue weighted by molar-refractivity contribution is 6.01. The number of primary amides is 2. The Hall–Kier alpha value is -11.0. The van der Waals surface area contributed by atoms with Crippen molar-refractivity contribution in [3.63, 3.8) is 0 Å². The average Bonchev–Trinajstić information content (AvgIpc) is 1.73. The molecule has 0 aromatic rings. The first-order valence-corrected chi connectivity index (χ1v) is 33.2. The fourth-order valence-corrected chi connectivity index (χ4v) is 9.98. The molecule has 0 aliphatic carbocycles. The summed E-state index contributed by atoms with van der Waals surface area (Å²) in [5, 5.41) is 84.8. The Labute approximate surface area is 600 Å². The number of aliphatic hydroxyl groups excluding tert-OH is 2. The first-order chi connectivity index (χ1) is 49.0. The number of hydrogen-bond acceptors (Lipinski definition) is 24. The molecule has 15 amide bonds. The van der Waals surface area contributed by atoms with Crippen molar-refractivity contribution in [2.75, 3.05) is 32.8 Å². The van der Waals surface area contributed by atoms with E-state index in [4.69, 9.17) is 39.5 Å². The third-order valence-corrected chi connectivity index (χ3v) is 15.5. The van der Waals surface area contributed by atoms with E-state index in [0.717, 1.165) is 25.7 Å². The molecule has 1 fully saturated rings. The van der Waals surface area contributed by atoms with Crippen molar-refractivity contribution >= 4 is 118 Å². The van der Waals surface area contributed by atoms with Gasteiger partial charge in [-0.05, 0) is 97.4 Å². The number of likely N-dealkylation sites (tertiary alicyclic amines) is 1. The molecule has 105 heavy (non-hydrogen) atoms. The molecule has 0 saturated carbocycles. The summed E-state index contributed by atoms with van der Waals surface area (Å²) in [5.74, 6) is -24.0. The van der Waals surface area contributed by atoms with E-state index in [1.807, 2.05) is 16.0 Å². The van der Waals surface area contributed by atoms with E-state index in [0.29, 0.717) is 6.42 Å². The predicted molar refractivity (Wildman–Crippen MR) is 361 cm³/mol. The van der Waals surface area contributed by atoms with Crippen LogP contribution in [0.15, 0.2) is 4.99 Å². The van der Waals surface area contributed by atoms with E-state index < -0.39 is 249 Å². The number of guanidine groups is 1. The highest BCUT2D eigenvalue weighted by Gasteiger charge is 2.42. The van der Waals surface area contributed by atoms with E-state index in [-0.39, 0.29) is 82.9 Å². The molecular formula is C60H100N20O25. The molecule has 1 aliphatic heterocycles. The van der Waals surface area contributed by atoms with Gasteiger partial charge in [0, 0.05) is 25.9 Å². The van der Waals surface area contributed by atoms with Crippen LogP contribution in [0.5, 0.6) is 0 Å². The van der Waals surface area contributed by atoms with Crippen molar-refractivity contribution in [3.8, 4) is 0 Å². The number of carbonyl (C=O) groups is 19. The second-order valence-corrected chi connectivity index (χ2v) is 24.9. The summed E-state index contributed by atoms with van der Waals surface area (Å²) in [5.41, 5.74) is 33.2. The molecule has 1 aliphatic rings. The van der Waals surface area contributed by atoms with Gasteiger partial charge in [0.2, 0.25) is 88.6 Å². The van der Waals surface area contributed by atoms with Gasteiger partial charge in [0.1, 0.15) is 72.5 Å². The van der Waals surface area contributed by atoms with Crippen LogP contribution in [0.2, 0.25) is 0 Å². The summed E-state index contributed by atoms with van der Waals surface area (Å²) in [6.07, 6.45) is -7.24. The predicted octanol–water partition coefficient (Wildman–Crippen LogP) is -11.6. The topological polar surface area (TPSA) is 762 Å². The molecule has 1 heterocycles. The van der Waals surface area contributed by atoms with Gasteiger partial charge >= 0.3 is 23.9 Å². The van der Waals surface area contributed by atoms with Crippen LogP contribution in [0.25, 0.3) is 0 Å². The lowest BCUT2D eigenvalue weighted by atomic mass is 10.0. The van der Waals surface area contributed by atoms with Crippen LogP contribution in [0.3, 0.4) is 0 Å². The number of carbonyl (C=O) groups excluding carboxylic acids is 15. The quantitative estimate of drug-likeness (QED) is 0.0153. The summed E-state index contributed by atoms with van der Waals surface area (Å²) < 4.78 is 0. The smallest absolute Gasteiger partial charge is 0.325 e. The molecular weight excluding hydrogens is 1400 g/mol. The Morgan fingerprint density at radius 1 is 0.486 bits per heavy atom. The molecule has 0 radical (unpaired) electrons. The lowest BCUT2D eigenvalue weighted by Gasteiger charge is -2.30. The van der Waals surface area contributed by atoms with Crippen molar-refractivity contribution < 1.29 is 122 Å². The van der Waals surface area contributed by atoms with Gasteiger partial charge in [-0.3, -0.25) is 96.1 Å². The number of nitrogens with two attached hydrogens (primary N) is 6. The maximum Gasteiger partial charge on any atom is 0.325 e. The zero-order chi connectivity index (χ0) is 80.1. The van der Waals surface area contributed by atoms with Crippen molar-refractivity contribution in [1.82, 2.24) is 68.7 Å². The second-order valence-electron chi connectivity index (χ2n) is 24.9. The number of carboxylic acid groups (broad SMARTS) is 4. The van der Waals surface area contributed by atoms with Gasteiger partial charge in [-0.25, -0.2) is 0 Å². The molecule has 0 aromatic carbocycles. The molecule has 1 rings (SSSR count). The van der Waals surface area contributed by atoms with E-state index in [9.17, 15) is 117 Å². The normalized spacial score (nSPS) is 16.1. The van der Waals surface area contributed by atoms with Crippen LogP contribution in [-0.2, 0) is 91.1 Å². The second kappa shape index (κ2) is 46.6. The van der Waals surface area contributed by atoms with Gasteiger partial charge in [0.15, 0.2) is 5.96 Å². The number of aliphatic imine (C=N–C) groups is 1. The first kappa shape index (κ1) is 92.1. The zero-order valence-corrected chi connectivity index (χ0v) is 58.6. The number of nitrogens with one attached hydrogen (secondary N) is 12. The molecule has 45 nitrogen and oxygen atoms in total. The Balaban J connectivity index is 3.42. The molecule has 30 N–H and O–H groups in total. The summed E-state index contributed by atoms with van der Waals surface area (Å²) in [6.45, 7) is 4.23.